The van der Waals surface area contributed by atoms with Gasteiger partial charge in [-0.3, -0.25) is 9.97 Å². The van der Waals surface area contributed by atoms with Gasteiger partial charge in [0.25, 0.3) is 0 Å². The van der Waals surface area contributed by atoms with Crippen molar-refractivity contribution in [2.75, 3.05) is 0 Å². The monoisotopic (exact) mass is 149 g/mol. The predicted octanol–water partition coefficient (Wildman–Crippen LogP) is 0.511. The average Bonchev–Trinajstić information content (AvgIpc) is 2.04. The molecule has 1 unspecified atom stereocenters. The summed E-state index contributed by atoms with van der Waals surface area (Å²) in [7, 11) is 0. The molecule has 11 heavy (non-hydrogen) atoms. The molecule has 1 N–H and O–H groups in total. The van der Waals surface area contributed by atoms with Gasteiger partial charge in [0.1, 0.15) is 0 Å². The Hall–Kier alpha value is -0.960. The normalized spacial score (nSPS) is 22.8. The fourth-order valence-electron chi connectivity index (χ4n) is 1.35. The molecule has 2 rings (SSSR count). The smallest absolute Gasteiger partial charge is 0.0757 e. The Morgan fingerprint density at radius 2 is 2.09 bits per heavy atom. The van der Waals surface area contributed by atoms with Gasteiger partial charge in [-0.25, -0.2) is 0 Å². The highest BCUT2D eigenvalue weighted by atomic mass is 15.0. The second-order valence-electron chi connectivity index (χ2n) is 2.94. The molecule has 3 nitrogen and oxygen atoms in total. The molecule has 0 saturated heterocycles. The van der Waals surface area contributed by atoms with Crippen LogP contribution < -0.4 is 5.32 Å². The van der Waals surface area contributed by atoms with Crippen LogP contribution >= 0.6 is 0 Å². The van der Waals surface area contributed by atoms with Crippen LogP contribution in [-0.4, -0.2) is 16.0 Å². The van der Waals surface area contributed by atoms with E-state index in [2.05, 4.69) is 22.2 Å². The van der Waals surface area contributed by atoms with Crippen LogP contribution in [0.5, 0.6) is 0 Å². The maximum Gasteiger partial charge on any atom is 0.0757 e. The summed E-state index contributed by atoms with van der Waals surface area (Å²) in [5, 5.41) is 3.34. The molecule has 0 saturated carbocycles. The molecule has 0 fully saturated rings. The maximum atomic E-state index is 4.27. The Balaban J connectivity index is 2.34. The SMILES string of the molecule is CC1Cc2nccnc2CN1. The summed E-state index contributed by atoms with van der Waals surface area (Å²) in [6, 6.07) is 0.541. The van der Waals surface area contributed by atoms with Gasteiger partial charge in [-0.15, -0.1) is 0 Å². The number of hydrogen-bond donors (Lipinski definition) is 1. The Labute approximate surface area is 65.9 Å². The fraction of sp³-hybridized carbons (Fsp3) is 0.500. The summed E-state index contributed by atoms with van der Waals surface area (Å²) in [6.45, 7) is 3.03. The number of rotatable bonds is 0. The van der Waals surface area contributed by atoms with Crippen LogP contribution in [0.15, 0.2) is 12.4 Å². The predicted molar refractivity (Wildman–Crippen MR) is 42.0 cm³/mol. The van der Waals surface area contributed by atoms with Gasteiger partial charge < -0.3 is 5.32 Å². The Morgan fingerprint density at radius 3 is 2.91 bits per heavy atom. The summed E-state index contributed by atoms with van der Waals surface area (Å²) in [5.41, 5.74) is 2.25. The molecular formula is C8H11N3. The van der Waals surface area contributed by atoms with Gasteiger partial charge in [0.2, 0.25) is 0 Å². The molecule has 1 aromatic rings. The van der Waals surface area contributed by atoms with Crippen molar-refractivity contribution in [3.63, 3.8) is 0 Å². The van der Waals surface area contributed by atoms with Crippen LogP contribution in [0.3, 0.4) is 0 Å². The minimum atomic E-state index is 0.541. The third kappa shape index (κ3) is 1.24. The van der Waals surface area contributed by atoms with E-state index in [0.717, 1.165) is 24.4 Å². The lowest BCUT2D eigenvalue weighted by Gasteiger charge is -2.20. The second-order valence-corrected chi connectivity index (χ2v) is 2.94. The van der Waals surface area contributed by atoms with Gasteiger partial charge in [-0.2, -0.15) is 0 Å². The zero-order valence-corrected chi connectivity index (χ0v) is 6.54. The molecule has 2 heterocycles. The van der Waals surface area contributed by atoms with Crippen molar-refractivity contribution in [1.82, 2.24) is 15.3 Å². The second kappa shape index (κ2) is 2.58. The molecule has 0 bridgehead atoms. The first kappa shape index (κ1) is 6.73. The fourth-order valence-corrected chi connectivity index (χ4v) is 1.35. The highest BCUT2D eigenvalue weighted by Crippen LogP contribution is 2.09. The lowest BCUT2D eigenvalue weighted by molar-refractivity contribution is 0.495. The Kier molecular flexibility index (Phi) is 1.58. The average molecular weight is 149 g/mol. The minimum absolute atomic E-state index is 0.541. The van der Waals surface area contributed by atoms with Crippen LogP contribution in [0.4, 0.5) is 0 Å². The minimum Gasteiger partial charge on any atom is -0.308 e. The van der Waals surface area contributed by atoms with Gasteiger partial charge in [0.05, 0.1) is 11.4 Å². The summed E-state index contributed by atoms with van der Waals surface area (Å²) in [4.78, 5) is 8.50. The van der Waals surface area contributed by atoms with E-state index in [9.17, 15) is 0 Å². The van der Waals surface area contributed by atoms with Gasteiger partial charge in [0.15, 0.2) is 0 Å². The quantitative estimate of drug-likeness (QED) is 0.584. The van der Waals surface area contributed by atoms with Crippen LogP contribution in [0.2, 0.25) is 0 Å². The van der Waals surface area contributed by atoms with Crippen molar-refractivity contribution in [3.05, 3.63) is 23.8 Å². The number of nitrogens with zero attached hydrogens (tertiary/aromatic N) is 2. The van der Waals surface area contributed by atoms with Crippen LogP contribution in [0.25, 0.3) is 0 Å². The molecule has 0 radical (unpaired) electrons. The lowest BCUT2D eigenvalue weighted by atomic mass is 10.1. The van der Waals surface area contributed by atoms with E-state index >= 15 is 0 Å². The number of aromatic nitrogens is 2. The molecule has 3 heteroatoms. The van der Waals surface area contributed by atoms with Gasteiger partial charge >= 0.3 is 0 Å². The summed E-state index contributed by atoms with van der Waals surface area (Å²) in [5.74, 6) is 0. The third-order valence-corrected chi connectivity index (χ3v) is 1.98. The van der Waals surface area contributed by atoms with E-state index in [1.165, 1.54) is 0 Å². The third-order valence-electron chi connectivity index (χ3n) is 1.98. The Morgan fingerprint density at radius 1 is 1.36 bits per heavy atom. The highest BCUT2D eigenvalue weighted by molar-refractivity contribution is 5.14. The van der Waals surface area contributed by atoms with E-state index in [1.807, 2.05) is 0 Å². The molecular weight excluding hydrogens is 138 g/mol. The van der Waals surface area contributed by atoms with E-state index in [0.29, 0.717) is 6.04 Å². The lowest BCUT2D eigenvalue weighted by Crippen LogP contribution is -2.33. The molecule has 1 aliphatic rings. The van der Waals surface area contributed by atoms with Crippen molar-refractivity contribution in [1.29, 1.82) is 0 Å². The first-order chi connectivity index (χ1) is 5.36. The molecule has 58 valence electrons. The molecule has 0 spiro atoms. The van der Waals surface area contributed by atoms with E-state index in [-0.39, 0.29) is 0 Å². The Bertz CT molecular complexity index is 259. The molecule has 1 aliphatic heterocycles. The molecule has 1 aromatic heterocycles. The van der Waals surface area contributed by atoms with Crippen molar-refractivity contribution < 1.29 is 0 Å². The molecule has 1 atom stereocenters. The summed E-state index contributed by atoms with van der Waals surface area (Å²) < 4.78 is 0. The molecule has 0 aromatic carbocycles. The zero-order chi connectivity index (χ0) is 7.68. The number of fused-ring (bicyclic) bond motifs is 1. The van der Waals surface area contributed by atoms with Crippen molar-refractivity contribution in [2.24, 2.45) is 0 Å². The molecule has 0 aliphatic carbocycles. The summed E-state index contributed by atoms with van der Waals surface area (Å²) in [6.07, 6.45) is 4.51. The van der Waals surface area contributed by atoms with E-state index in [1.54, 1.807) is 12.4 Å². The maximum absolute atomic E-state index is 4.27. The van der Waals surface area contributed by atoms with Crippen molar-refractivity contribution in [3.8, 4) is 0 Å². The molecule has 0 amide bonds. The van der Waals surface area contributed by atoms with Gasteiger partial charge in [-0.1, -0.05) is 0 Å². The van der Waals surface area contributed by atoms with Crippen molar-refractivity contribution >= 4 is 0 Å². The van der Waals surface area contributed by atoms with E-state index in [4.69, 9.17) is 0 Å². The highest BCUT2D eigenvalue weighted by Gasteiger charge is 2.14. The first-order valence-corrected chi connectivity index (χ1v) is 3.88. The first-order valence-electron chi connectivity index (χ1n) is 3.88. The van der Waals surface area contributed by atoms with Gasteiger partial charge in [0, 0.05) is 31.4 Å². The topological polar surface area (TPSA) is 37.8 Å². The zero-order valence-electron chi connectivity index (χ0n) is 6.54. The number of nitrogens with one attached hydrogen (secondary N) is 1. The standard InChI is InChI=1S/C8H11N3/c1-6-4-7-8(5-11-6)10-3-2-9-7/h2-3,6,11H,4-5H2,1H3. The number of hydrogen-bond acceptors (Lipinski definition) is 3. The largest absolute Gasteiger partial charge is 0.308 e. The van der Waals surface area contributed by atoms with Gasteiger partial charge in [-0.05, 0) is 6.92 Å². The summed E-state index contributed by atoms with van der Waals surface area (Å²) >= 11 is 0. The van der Waals surface area contributed by atoms with Crippen LogP contribution in [0.1, 0.15) is 18.3 Å². The van der Waals surface area contributed by atoms with E-state index < -0.39 is 0 Å². The van der Waals surface area contributed by atoms with Crippen LogP contribution in [0, 0.1) is 0 Å². The van der Waals surface area contributed by atoms with Crippen LogP contribution in [-0.2, 0) is 13.0 Å². The van der Waals surface area contributed by atoms with Crippen molar-refractivity contribution in [2.45, 2.75) is 25.9 Å².